The van der Waals surface area contributed by atoms with Gasteiger partial charge in [-0.25, -0.2) is 14.3 Å². The van der Waals surface area contributed by atoms with Crippen LogP contribution in [0, 0.1) is 0 Å². The average molecular weight is 304 g/mol. The van der Waals surface area contributed by atoms with Crippen molar-refractivity contribution in [1.82, 2.24) is 14.6 Å². The summed E-state index contributed by atoms with van der Waals surface area (Å²) >= 11 is 6.03. The Balaban J connectivity index is 2.11. The molecule has 0 fully saturated rings. The highest BCUT2D eigenvalue weighted by Gasteiger charge is 2.13. The number of aromatic carboxylic acids is 1. The third-order valence-corrected chi connectivity index (χ3v) is 3.26. The smallest absolute Gasteiger partial charge is 0.354 e. The van der Waals surface area contributed by atoms with E-state index in [1.807, 2.05) is 24.3 Å². The molecule has 0 atom stereocenters. The number of benzene rings is 1. The minimum absolute atomic E-state index is 0.117. The summed E-state index contributed by atoms with van der Waals surface area (Å²) in [5.74, 6) is -0.390. The van der Waals surface area contributed by atoms with Gasteiger partial charge in [-0.2, -0.15) is 5.10 Å². The van der Waals surface area contributed by atoms with E-state index in [1.54, 1.807) is 13.2 Å². The van der Waals surface area contributed by atoms with Crippen molar-refractivity contribution in [1.29, 1.82) is 0 Å². The molecular formula is C14H10ClN3O3. The Hall–Kier alpha value is -2.60. The molecule has 1 N–H and O–H groups in total. The molecule has 0 aliphatic rings. The summed E-state index contributed by atoms with van der Waals surface area (Å²) in [5.41, 5.74) is 1.77. The highest BCUT2D eigenvalue weighted by Crippen LogP contribution is 2.23. The molecule has 2 aromatic heterocycles. The molecule has 21 heavy (non-hydrogen) atoms. The molecule has 0 saturated carbocycles. The molecule has 0 aliphatic carbocycles. The minimum atomic E-state index is -1.13. The van der Waals surface area contributed by atoms with Gasteiger partial charge < -0.3 is 9.84 Å². The van der Waals surface area contributed by atoms with Gasteiger partial charge in [0.1, 0.15) is 10.9 Å². The number of methoxy groups -OCH3 is 1. The van der Waals surface area contributed by atoms with E-state index in [1.165, 1.54) is 10.6 Å². The Morgan fingerprint density at radius 3 is 2.62 bits per heavy atom. The first-order valence-electron chi connectivity index (χ1n) is 6.02. The second-order valence-corrected chi connectivity index (χ2v) is 4.68. The molecule has 0 bridgehead atoms. The van der Waals surface area contributed by atoms with Crippen LogP contribution in [-0.4, -0.2) is 32.8 Å². The number of fused-ring (bicyclic) bond motifs is 1. The average Bonchev–Trinajstić information content (AvgIpc) is 2.92. The van der Waals surface area contributed by atoms with E-state index in [4.69, 9.17) is 21.4 Å². The number of halogens is 1. The molecule has 3 rings (SSSR count). The molecule has 0 unspecified atom stereocenters. The number of carboxylic acid groups (broad SMARTS) is 1. The standard InChI is InChI=1S/C14H10ClN3O3/c1-21-9-4-2-8(3-5-9)10-7-13-16-11(14(19)20)6-12(15)18(13)17-10/h2-7H,1H3,(H,19,20). The number of nitrogens with zero attached hydrogens (tertiary/aromatic N) is 3. The summed E-state index contributed by atoms with van der Waals surface area (Å²) in [7, 11) is 1.59. The summed E-state index contributed by atoms with van der Waals surface area (Å²) in [6.07, 6.45) is 0. The van der Waals surface area contributed by atoms with Crippen molar-refractivity contribution in [2.45, 2.75) is 0 Å². The van der Waals surface area contributed by atoms with Crippen molar-refractivity contribution in [3.8, 4) is 17.0 Å². The van der Waals surface area contributed by atoms with Gasteiger partial charge in [-0.15, -0.1) is 0 Å². The van der Waals surface area contributed by atoms with Crippen LogP contribution in [0.4, 0.5) is 0 Å². The van der Waals surface area contributed by atoms with Crippen molar-refractivity contribution < 1.29 is 14.6 Å². The van der Waals surface area contributed by atoms with Crippen molar-refractivity contribution in [3.05, 3.63) is 47.2 Å². The lowest BCUT2D eigenvalue weighted by atomic mass is 10.1. The Bertz CT molecular complexity index is 827. The molecule has 1 aromatic carbocycles. The number of hydrogen-bond donors (Lipinski definition) is 1. The second-order valence-electron chi connectivity index (χ2n) is 4.30. The Morgan fingerprint density at radius 1 is 1.29 bits per heavy atom. The third-order valence-electron chi connectivity index (χ3n) is 2.99. The van der Waals surface area contributed by atoms with Crippen LogP contribution in [0.3, 0.4) is 0 Å². The number of hydrogen-bond acceptors (Lipinski definition) is 4. The fraction of sp³-hybridized carbons (Fsp3) is 0.0714. The van der Waals surface area contributed by atoms with E-state index in [2.05, 4.69) is 10.1 Å². The van der Waals surface area contributed by atoms with Gasteiger partial charge in [0.15, 0.2) is 11.3 Å². The molecule has 0 amide bonds. The largest absolute Gasteiger partial charge is 0.497 e. The zero-order valence-corrected chi connectivity index (χ0v) is 11.7. The highest BCUT2D eigenvalue weighted by molar-refractivity contribution is 6.30. The summed E-state index contributed by atoms with van der Waals surface area (Å²) in [6.45, 7) is 0. The lowest BCUT2D eigenvalue weighted by Gasteiger charge is -2.00. The molecule has 3 aromatic rings. The summed E-state index contributed by atoms with van der Waals surface area (Å²) in [4.78, 5) is 15.0. The third kappa shape index (κ3) is 2.41. The van der Waals surface area contributed by atoms with Gasteiger partial charge in [-0.05, 0) is 24.3 Å². The van der Waals surface area contributed by atoms with Crippen LogP contribution < -0.4 is 4.74 Å². The lowest BCUT2D eigenvalue weighted by molar-refractivity contribution is 0.0690. The maximum absolute atomic E-state index is 11.0. The summed E-state index contributed by atoms with van der Waals surface area (Å²) < 4.78 is 6.50. The first-order chi connectivity index (χ1) is 10.1. The van der Waals surface area contributed by atoms with Crippen LogP contribution >= 0.6 is 11.6 Å². The van der Waals surface area contributed by atoms with Crippen LogP contribution in [0.15, 0.2) is 36.4 Å². The van der Waals surface area contributed by atoms with Gasteiger partial charge in [0.2, 0.25) is 0 Å². The van der Waals surface area contributed by atoms with Crippen LogP contribution in [-0.2, 0) is 0 Å². The summed E-state index contributed by atoms with van der Waals surface area (Å²) in [6, 6.07) is 10.3. The van der Waals surface area contributed by atoms with E-state index in [0.717, 1.165) is 11.3 Å². The van der Waals surface area contributed by atoms with Crippen LogP contribution in [0.5, 0.6) is 5.75 Å². The van der Waals surface area contributed by atoms with E-state index in [-0.39, 0.29) is 10.8 Å². The van der Waals surface area contributed by atoms with Crippen LogP contribution in [0.1, 0.15) is 10.5 Å². The fourth-order valence-corrected chi connectivity index (χ4v) is 2.18. The molecule has 0 aliphatic heterocycles. The lowest BCUT2D eigenvalue weighted by Crippen LogP contribution is -2.03. The summed E-state index contributed by atoms with van der Waals surface area (Å²) in [5, 5.41) is 13.5. The first kappa shape index (κ1) is 13.4. The zero-order valence-electron chi connectivity index (χ0n) is 10.9. The second kappa shape index (κ2) is 5.06. The first-order valence-corrected chi connectivity index (χ1v) is 6.40. The van der Waals surface area contributed by atoms with Crippen molar-refractivity contribution in [3.63, 3.8) is 0 Å². The SMILES string of the molecule is COc1ccc(-c2cc3nc(C(=O)O)cc(Cl)n3n2)cc1. The number of ether oxygens (including phenoxy) is 1. The number of rotatable bonds is 3. The van der Waals surface area contributed by atoms with Gasteiger partial charge in [0.25, 0.3) is 0 Å². The maximum atomic E-state index is 11.0. The predicted molar refractivity (Wildman–Crippen MR) is 76.9 cm³/mol. The molecule has 0 radical (unpaired) electrons. The van der Waals surface area contributed by atoms with E-state index >= 15 is 0 Å². The Kier molecular flexibility index (Phi) is 3.23. The number of carbonyl (C=O) groups is 1. The monoisotopic (exact) mass is 303 g/mol. The van der Waals surface area contributed by atoms with Crippen molar-refractivity contribution >= 4 is 23.2 Å². The molecule has 106 valence electrons. The van der Waals surface area contributed by atoms with Gasteiger partial charge in [-0.3, -0.25) is 0 Å². The number of aromatic nitrogens is 3. The van der Waals surface area contributed by atoms with Crippen LogP contribution in [0.2, 0.25) is 5.15 Å². The molecule has 0 saturated heterocycles. The molecule has 0 spiro atoms. The van der Waals surface area contributed by atoms with Gasteiger partial charge >= 0.3 is 5.97 Å². The maximum Gasteiger partial charge on any atom is 0.354 e. The molecular weight excluding hydrogens is 294 g/mol. The number of carboxylic acids is 1. The van der Waals surface area contributed by atoms with Gasteiger partial charge in [0, 0.05) is 17.7 Å². The Morgan fingerprint density at radius 2 is 2.00 bits per heavy atom. The quantitative estimate of drug-likeness (QED) is 0.753. The van der Waals surface area contributed by atoms with Gasteiger partial charge in [0.05, 0.1) is 12.8 Å². The van der Waals surface area contributed by atoms with E-state index in [0.29, 0.717) is 11.3 Å². The predicted octanol–water partition coefficient (Wildman–Crippen LogP) is 2.76. The van der Waals surface area contributed by atoms with Crippen molar-refractivity contribution in [2.24, 2.45) is 0 Å². The molecule has 2 heterocycles. The minimum Gasteiger partial charge on any atom is -0.497 e. The van der Waals surface area contributed by atoms with Gasteiger partial charge in [-0.1, -0.05) is 11.6 Å². The van der Waals surface area contributed by atoms with Crippen molar-refractivity contribution in [2.75, 3.05) is 7.11 Å². The van der Waals surface area contributed by atoms with Crippen LogP contribution in [0.25, 0.3) is 16.9 Å². The highest BCUT2D eigenvalue weighted by atomic mass is 35.5. The normalized spacial score (nSPS) is 10.8. The topological polar surface area (TPSA) is 76.7 Å². The van der Waals surface area contributed by atoms with E-state index in [9.17, 15) is 4.79 Å². The molecule has 7 heteroatoms. The van der Waals surface area contributed by atoms with E-state index < -0.39 is 5.97 Å². The molecule has 6 nitrogen and oxygen atoms in total. The Labute approximate surface area is 124 Å². The fourth-order valence-electron chi connectivity index (χ4n) is 1.95. The zero-order chi connectivity index (χ0) is 15.0.